The van der Waals surface area contributed by atoms with Gasteiger partial charge in [0.25, 0.3) is 11.8 Å². The van der Waals surface area contributed by atoms with E-state index < -0.39 is 21.3 Å². The lowest BCUT2D eigenvalue weighted by Crippen LogP contribution is -2.51. The van der Waals surface area contributed by atoms with Gasteiger partial charge >= 0.3 is 0 Å². The second-order valence-electron chi connectivity index (χ2n) is 7.82. The molecule has 0 aromatic heterocycles. The Labute approximate surface area is 176 Å². The Hall–Kier alpha value is -2.71. The first-order valence-electron chi connectivity index (χ1n) is 10.1. The molecule has 0 bridgehead atoms. The summed E-state index contributed by atoms with van der Waals surface area (Å²) in [5, 5.41) is 2.94. The molecule has 2 aliphatic rings. The van der Waals surface area contributed by atoms with Crippen molar-refractivity contribution in [2.45, 2.75) is 29.6 Å². The molecule has 7 nitrogen and oxygen atoms in total. The van der Waals surface area contributed by atoms with Crippen LogP contribution in [0.2, 0.25) is 0 Å². The summed E-state index contributed by atoms with van der Waals surface area (Å²) in [6.07, 6.45) is 2.20. The smallest absolute Gasteiger partial charge is 0.256 e. The predicted octanol–water partition coefficient (Wildman–Crippen LogP) is 2.01. The summed E-state index contributed by atoms with van der Waals surface area (Å²) >= 11 is 0. The fourth-order valence-electron chi connectivity index (χ4n) is 3.97. The van der Waals surface area contributed by atoms with Crippen LogP contribution in [0.15, 0.2) is 65.6 Å². The van der Waals surface area contributed by atoms with Gasteiger partial charge in [0.15, 0.2) is 0 Å². The van der Waals surface area contributed by atoms with Crippen molar-refractivity contribution in [1.29, 1.82) is 0 Å². The topological polar surface area (TPSA) is 78.0 Å². The van der Waals surface area contributed by atoms with Crippen molar-refractivity contribution in [2.75, 3.05) is 26.7 Å². The number of carbonyl (C=O) groups is 2. The Morgan fingerprint density at radius 3 is 2.10 bits per heavy atom. The molecule has 30 heavy (non-hydrogen) atoms. The molecule has 0 N–H and O–H groups in total. The van der Waals surface area contributed by atoms with Gasteiger partial charge in [-0.15, -0.1) is 0 Å². The zero-order valence-corrected chi connectivity index (χ0v) is 17.7. The highest BCUT2D eigenvalue weighted by molar-refractivity contribution is 7.89. The van der Waals surface area contributed by atoms with Gasteiger partial charge in [0.2, 0.25) is 10.0 Å². The average molecular weight is 428 g/mol. The monoisotopic (exact) mass is 427 g/mol. The van der Waals surface area contributed by atoms with E-state index in [2.05, 4.69) is 0 Å². The van der Waals surface area contributed by atoms with Gasteiger partial charge in [-0.1, -0.05) is 48.5 Å². The number of amides is 2. The molecule has 1 heterocycles. The molecule has 2 amide bonds. The van der Waals surface area contributed by atoms with Crippen LogP contribution in [0, 0.1) is 0 Å². The van der Waals surface area contributed by atoms with E-state index in [1.54, 1.807) is 18.2 Å². The number of hydrogen-bond donors (Lipinski definition) is 0. The predicted molar refractivity (Wildman–Crippen MR) is 112 cm³/mol. The first kappa shape index (κ1) is 20.6. The minimum atomic E-state index is -3.78. The molecule has 158 valence electrons. The van der Waals surface area contributed by atoms with E-state index in [9.17, 15) is 18.0 Å². The van der Waals surface area contributed by atoms with Crippen molar-refractivity contribution in [3.05, 3.63) is 66.2 Å². The van der Waals surface area contributed by atoms with Crippen LogP contribution in [0.1, 0.15) is 24.8 Å². The van der Waals surface area contributed by atoms with Gasteiger partial charge in [0.05, 0.1) is 16.9 Å². The van der Waals surface area contributed by atoms with E-state index in [4.69, 9.17) is 0 Å². The fraction of sp³-hybridized carbons (Fsp3) is 0.364. The Balaban J connectivity index is 1.49. The van der Waals surface area contributed by atoms with E-state index in [0.29, 0.717) is 19.5 Å². The van der Waals surface area contributed by atoms with E-state index in [1.807, 2.05) is 30.3 Å². The van der Waals surface area contributed by atoms with Crippen molar-refractivity contribution in [3.63, 3.8) is 0 Å². The van der Waals surface area contributed by atoms with Crippen LogP contribution >= 0.6 is 0 Å². The maximum absolute atomic E-state index is 13.3. The first-order chi connectivity index (χ1) is 14.4. The highest BCUT2D eigenvalue weighted by atomic mass is 32.2. The van der Waals surface area contributed by atoms with Crippen LogP contribution in [0.5, 0.6) is 0 Å². The molecule has 1 saturated heterocycles. The minimum Gasteiger partial charge on any atom is -0.272 e. The largest absolute Gasteiger partial charge is 0.272 e. The number of likely N-dealkylation sites (N-methyl/N-ethyl adjacent to an activating group) is 1. The van der Waals surface area contributed by atoms with Gasteiger partial charge in [0.1, 0.15) is 0 Å². The summed E-state index contributed by atoms with van der Waals surface area (Å²) in [6.45, 7) is 0.558. The van der Waals surface area contributed by atoms with Gasteiger partial charge in [-0.2, -0.15) is 4.31 Å². The van der Waals surface area contributed by atoms with E-state index in [-0.39, 0.29) is 17.3 Å². The number of hydrazine groups is 1. The van der Waals surface area contributed by atoms with Crippen molar-refractivity contribution in [2.24, 2.45) is 0 Å². The molecular formula is C22H25N3O4S. The molecule has 2 aromatic carbocycles. The third-order valence-corrected chi connectivity index (χ3v) is 7.67. The maximum atomic E-state index is 13.3. The van der Waals surface area contributed by atoms with Crippen LogP contribution in [0.3, 0.4) is 0 Å². The van der Waals surface area contributed by atoms with E-state index >= 15 is 0 Å². The van der Waals surface area contributed by atoms with Crippen molar-refractivity contribution < 1.29 is 18.0 Å². The lowest BCUT2D eigenvalue weighted by Gasteiger charge is -2.32. The summed E-state index contributed by atoms with van der Waals surface area (Å²) in [7, 11) is -2.39. The van der Waals surface area contributed by atoms with Crippen molar-refractivity contribution in [1.82, 2.24) is 14.3 Å². The second kappa shape index (κ2) is 7.85. The normalized spacial score (nSPS) is 17.9. The number of nitrogens with zero attached hydrogens (tertiary/aromatic N) is 3. The molecule has 8 heteroatoms. The Morgan fingerprint density at radius 2 is 1.50 bits per heavy atom. The molecule has 4 rings (SSSR count). The molecule has 2 aromatic rings. The van der Waals surface area contributed by atoms with Gasteiger partial charge in [-0.25, -0.2) is 8.42 Å². The third kappa shape index (κ3) is 3.61. The molecule has 0 spiro atoms. The average Bonchev–Trinajstić information content (AvgIpc) is 3.43. The minimum absolute atomic E-state index is 0.0758. The second-order valence-corrected chi connectivity index (χ2v) is 9.87. The molecule has 1 aliphatic carbocycles. The zero-order valence-electron chi connectivity index (χ0n) is 16.9. The van der Waals surface area contributed by atoms with Crippen molar-refractivity contribution >= 4 is 21.8 Å². The summed E-state index contributed by atoms with van der Waals surface area (Å²) in [4.78, 5) is 26.4. The number of sulfonamides is 1. The SMILES string of the molecule is CN(CC(=O)N1CCCN1C(=O)C1(c2ccccc2)CC1)S(=O)(=O)c1ccccc1. The van der Waals surface area contributed by atoms with Gasteiger partial charge in [-0.3, -0.25) is 19.6 Å². The number of carbonyl (C=O) groups excluding carboxylic acids is 2. The zero-order chi connectivity index (χ0) is 21.4. The molecule has 0 unspecified atom stereocenters. The Bertz CT molecular complexity index is 1040. The van der Waals surface area contributed by atoms with Gasteiger partial charge < -0.3 is 0 Å². The Kier molecular flexibility index (Phi) is 5.38. The summed E-state index contributed by atoms with van der Waals surface area (Å²) in [5.41, 5.74) is 0.407. The highest BCUT2D eigenvalue weighted by Crippen LogP contribution is 2.50. The lowest BCUT2D eigenvalue weighted by atomic mass is 9.95. The molecular weight excluding hydrogens is 402 g/mol. The number of rotatable bonds is 6. The fourth-order valence-corrected chi connectivity index (χ4v) is 5.11. The number of hydrogen-bond acceptors (Lipinski definition) is 4. The summed E-state index contributed by atoms with van der Waals surface area (Å²) < 4.78 is 26.5. The standard InChI is InChI=1S/C22H25N3O4S/c1-23(30(28,29)19-11-6-3-7-12-19)17-20(26)24-15-8-16-25(24)21(27)22(13-14-22)18-9-4-2-5-10-18/h2-7,9-12H,8,13-17H2,1H3. The Morgan fingerprint density at radius 1 is 0.933 bits per heavy atom. The van der Waals surface area contributed by atoms with Crippen LogP contribution < -0.4 is 0 Å². The van der Waals surface area contributed by atoms with E-state index in [0.717, 1.165) is 22.7 Å². The summed E-state index contributed by atoms with van der Waals surface area (Å²) in [6, 6.07) is 17.7. The molecule has 1 saturated carbocycles. The van der Waals surface area contributed by atoms with Crippen molar-refractivity contribution in [3.8, 4) is 0 Å². The molecule has 1 aliphatic heterocycles. The molecule has 0 radical (unpaired) electrons. The van der Waals surface area contributed by atoms with Gasteiger partial charge in [-0.05, 0) is 37.0 Å². The number of benzene rings is 2. The lowest BCUT2D eigenvalue weighted by molar-refractivity contribution is -0.159. The molecule has 2 fully saturated rings. The van der Waals surface area contributed by atoms with E-state index in [1.165, 1.54) is 29.2 Å². The molecule has 0 atom stereocenters. The summed E-state index contributed by atoms with van der Waals surface area (Å²) in [5.74, 6) is -0.472. The van der Waals surface area contributed by atoms with Crippen LogP contribution in [0.25, 0.3) is 0 Å². The maximum Gasteiger partial charge on any atom is 0.256 e. The van der Waals surface area contributed by atoms with Gasteiger partial charge in [0, 0.05) is 20.1 Å². The quantitative estimate of drug-likeness (QED) is 0.707. The first-order valence-corrected chi connectivity index (χ1v) is 11.5. The van der Waals surface area contributed by atoms with Crippen LogP contribution in [0.4, 0.5) is 0 Å². The third-order valence-electron chi connectivity index (χ3n) is 5.85. The van der Waals surface area contributed by atoms with Crippen LogP contribution in [-0.4, -0.2) is 61.2 Å². The van der Waals surface area contributed by atoms with Crippen LogP contribution in [-0.2, 0) is 25.0 Å². The highest BCUT2D eigenvalue weighted by Gasteiger charge is 2.54.